The smallest absolute Gasteiger partial charge is 0.226 e. The molecule has 1 aromatic heterocycles. The van der Waals surface area contributed by atoms with Gasteiger partial charge in [0, 0.05) is 16.9 Å². The van der Waals surface area contributed by atoms with Gasteiger partial charge in [0.1, 0.15) is 5.75 Å². The molecule has 7 nitrogen and oxygen atoms in total. The number of hydrogen-bond acceptors (Lipinski definition) is 6. The molecule has 0 spiro atoms. The molecule has 1 aromatic carbocycles. The number of pyridine rings is 1. The third-order valence-electron chi connectivity index (χ3n) is 2.23. The summed E-state index contributed by atoms with van der Waals surface area (Å²) in [5, 5.41) is 0. The minimum absolute atomic E-state index is 0.553. The van der Waals surface area contributed by atoms with Crippen molar-refractivity contribution in [1.82, 2.24) is 0 Å². The van der Waals surface area contributed by atoms with E-state index in [9.17, 15) is 0 Å². The number of rotatable bonds is 4. The molecule has 0 aliphatic rings. The highest BCUT2D eigenvalue weighted by Gasteiger charge is 2.02. The zero-order chi connectivity index (χ0) is 15.7. The van der Waals surface area contributed by atoms with Gasteiger partial charge in [0.25, 0.3) is 0 Å². The van der Waals surface area contributed by atoms with Gasteiger partial charge in [-0.2, -0.15) is 0 Å². The van der Waals surface area contributed by atoms with Gasteiger partial charge < -0.3 is 4.74 Å². The average Bonchev–Trinajstić information content (AvgIpc) is 2.45. The second-order valence-corrected chi connectivity index (χ2v) is 4.49. The topological polar surface area (TPSA) is 115 Å². The van der Waals surface area contributed by atoms with E-state index in [1.54, 1.807) is 11.8 Å². The summed E-state index contributed by atoms with van der Waals surface area (Å²) in [5.41, 5.74) is 1.14. The Balaban J connectivity index is 0.000000383. The first-order valence-electron chi connectivity index (χ1n) is 5.73. The largest absolute Gasteiger partial charge is 0.496 e. The van der Waals surface area contributed by atoms with Crippen molar-refractivity contribution in [3.63, 3.8) is 0 Å². The minimum Gasteiger partial charge on any atom is -0.496 e. The predicted octanol–water partition coefficient (Wildman–Crippen LogP) is -3.14. The van der Waals surface area contributed by atoms with Crippen LogP contribution in [0.2, 0.25) is 0 Å². The monoisotopic (exact) mass is 315 g/mol. The fraction of sp³-hybridized carbons (Fsp3) is 0.154. The molecule has 0 bridgehead atoms. The van der Waals surface area contributed by atoms with Crippen LogP contribution >= 0.6 is 0 Å². The molecule has 0 unspecified atom stereocenters. The Morgan fingerprint density at radius 2 is 1.48 bits per heavy atom. The van der Waals surface area contributed by atoms with Crippen molar-refractivity contribution in [1.29, 1.82) is 0 Å². The number of aromatic nitrogens is 1. The first-order valence-corrected chi connectivity index (χ1v) is 6.96. The molecule has 0 fully saturated rings. The SMILES string of the molecule is COc1cc[n+](OCc2ccccc2)cc1.[O-][Cl+3]([O-])([O-])[O-]. The molecule has 114 valence electrons. The van der Waals surface area contributed by atoms with Crippen LogP contribution in [0, 0.1) is 10.2 Å². The molecule has 0 N–H and O–H groups in total. The highest BCUT2D eigenvalue weighted by Crippen LogP contribution is 2.03. The fourth-order valence-electron chi connectivity index (χ4n) is 1.34. The summed E-state index contributed by atoms with van der Waals surface area (Å²) in [6.45, 7) is 0.553. The number of methoxy groups -OCH3 is 1. The van der Waals surface area contributed by atoms with Gasteiger partial charge in [-0.25, -0.2) is 18.6 Å². The van der Waals surface area contributed by atoms with E-state index in [0.717, 1.165) is 11.3 Å². The number of nitrogens with zero attached hydrogens (tertiary/aromatic N) is 1. The van der Waals surface area contributed by atoms with Crippen LogP contribution in [0.15, 0.2) is 54.9 Å². The first kappa shape index (κ1) is 17.2. The van der Waals surface area contributed by atoms with Gasteiger partial charge in [-0.1, -0.05) is 30.3 Å². The highest BCUT2D eigenvalue weighted by atomic mass is 35.7. The Kier molecular flexibility index (Phi) is 6.86. The van der Waals surface area contributed by atoms with Gasteiger partial charge >= 0.3 is 0 Å². The van der Waals surface area contributed by atoms with Gasteiger partial charge in [-0.3, -0.25) is 4.84 Å². The van der Waals surface area contributed by atoms with Crippen LogP contribution in [0.1, 0.15) is 5.56 Å². The van der Waals surface area contributed by atoms with Crippen molar-refractivity contribution >= 4 is 0 Å². The predicted molar refractivity (Wildman–Crippen MR) is 59.9 cm³/mol. The van der Waals surface area contributed by atoms with Crippen molar-refractivity contribution < 1.29 is 43.2 Å². The molecule has 0 aliphatic carbocycles. The number of benzene rings is 1. The third kappa shape index (κ3) is 8.79. The van der Waals surface area contributed by atoms with E-state index in [1.165, 1.54) is 0 Å². The molecule has 2 rings (SSSR count). The average molecular weight is 316 g/mol. The minimum atomic E-state index is -4.94. The van der Waals surface area contributed by atoms with Crippen LogP contribution in [-0.4, -0.2) is 7.11 Å². The zero-order valence-electron chi connectivity index (χ0n) is 11.2. The Bertz CT molecular complexity index is 508. The second-order valence-electron chi connectivity index (χ2n) is 3.73. The Labute approximate surface area is 123 Å². The summed E-state index contributed by atoms with van der Waals surface area (Å²) in [4.78, 5) is 5.55. The van der Waals surface area contributed by atoms with Crippen LogP contribution < -0.4 is 32.9 Å². The molecule has 21 heavy (non-hydrogen) atoms. The van der Waals surface area contributed by atoms with Crippen LogP contribution in [0.25, 0.3) is 0 Å². The standard InChI is InChI=1S/C13H14NO2.ClHO4/c1-15-13-7-9-14(10-8-13)16-11-12-5-3-2-4-6-12;2-1(3,4)5/h2-10H,11H2,1H3;(H,2,3,4,5)/q+1;/p-1. The van der Waals surface area contributed by atoms with Crippen LogP contribution in [-0.2, 0) is 6.61 Å². The van der Waals surface area contributed by atoms with E-state index in [4.69, 9.17) is 28.2 Å². The molecular formula is C13H14ClNO6. The van der Waals surface area contributed by atoms with Crippen molar-refractivity contribution in [2.24, 2.45) is 0 Å². The molecule has 1 heterocycles. The second kappa shape index (κ2) is 8.40. The van der Waals surface area contributed by atoms with Crippen molar-refractivity contribution in [3.8, 4) is 5.75 Å². The first-order chi connectivity index (χ1) is 9.88. The lowest BCUT2D eigenvalue weighted by Gasteiger charge is -2.17. The number of hydrogen-bond donors (Lipinski definition) is 0. The molecule has 0 radical (unpaired) electrons. The van der Waals surface area contributed by atoms with Crippen LogP contribution in [0.4, 0.5) is 0 Å². The molecule has 0 saturated heterocycles. The number of ether oxygens (including phenoxy) is 1. The molecule has 0 saturated carbocycles. The van der Waals surface area contributed by atoms with E-state index < -0.39 is 10.2 Å². The quantitative estimate of drug-likeness (QED) is 0.551. The van der Waals surface area contributed by atoms with E-state index in [-0.39, 0.29) is 0 Å². The van der Waals surface area contributed by atoms with Crippen molar-refractivity contribution in [2.75, 3.05) is 7.11 Å². The van der Waals surface area contributed by atoms with Gasteiger partial charge in [0.15, 0.2) is 6.61 Å². The highest BCUT2D eigenvalue weighted by molar-refractivity contribution is 5.14. The van der Waals surface area contributed by atoms with Gasteiger partial charge in [0.05, 0.1) is 7.11 Å². The lowest BCUT2D eigenvalue weighted by Crippen LogP contribution is -2.68. The molecule has 8 heteroatoms. The molecule has 0 amide bonds. The number of halogens is 1. The van der Waals surface area contributed by atoms with E-state index >= 15 is 0 Å². The van der Waals surface area contributed by atoms with Gasteiger partial charge in [-0.05, 0) is 5.56 Å². The normalized spacial score (nSPS) is 10.3. The van der Waals surface area contributed by atoms with Gasteiger partial charge in [0.2, 0.25) is 12.4 Å². The maximum Gasteiger partial charge on any atom is 0.226 e. The molecular weight excluding hydrogens is 302 g/mol. The lowest BCUT2D eigenvalue weighted by molar-refractivity contribution is -2.00. The molecule has 2 aromatic rings. The summed E-state index contributed by atoms with van der Waals surface area (Å²) < 4.78 is 40.7. The molecule has 0 aliphatic heterocycles. The van der Waals surface area contributed by atoms with E-state index in [1.807, 2.05) is 54.9 Å². The van der Waals surface area contributed by atoms with E-state index in [2.05, 4.69) is 0 Å². The van der Waals surface area contributed by atoms with E-state index in [0.29, 0.717) is 6.61 Å². The maximum absolute atomic E-state index is 8.49. The summed E-state index contributed by atoms with van der Waals surface area (Å²) >= 11 is 0. The lowest BCUT2D eigenvalue weighted by atomic mass is 10.2. The Hall–Kier alpha value is -1.90. The fourth-order valence-corrected chi connectivity index (χ4v) is 1.34. The maximum atomic E-state index is 8.49. The summed E-state index contributed by atoms with van der Waals surface area (Å²) in [6, 6.07) is 13.8. The third-order valence-corrected chi connectivity index (χ3v) is 2.23. The van der Waals surface area contributed by atoms with Crippen LogP contribution in [0.3, 0.4) is 0 Å². The van der Waals surface area contributed by atoms with Crippen molar-refractivity contribution in [3.05, 3.63) is 60.4 Å². The summed E-state index contributed by atoms with van der Waals surface area (Å²) in [5.74, 6) is 0.819. The summed E-state index contributed by atoms with van der Waals surface area (Å²) in [7, 11) is -3.30. The Morgan fingerprint density at radius 3 is 1.95 bits per heavy atom. The zero-order valence-corrected chi connectivity index (χ0v) is 11.9. The van der Waals surface area contributed by atoms with Crippen molar-refractivity contribution in [2.45, 2.75) is 6.61 Å². The summed E-state index contributed by atoms with van der Waals surface area (Å²) in [6.07, 6.45) is 3.64. The Morgan fingerprint density at radius 1 is 0.952 bits per heavy atom. The molecule has 0 atom stereocenters. The van der Waals surface area contributed by atoms with Gasteiger partial charge in [-0.15, -0.1) is 10.2 Å². The van der Waals surface area contributed by atoms with Crippen LogP contribution in [0.5, 0.6) is 5.75 Å².